The lowest BCUT2D eigenvalue weighted by Gasteiger charge is -2.12. The molecule has 7 heteroatoms. The van der Waals surface area contributed by atoms with Crippen LogP contribution in [-0.4, -0.2) is 38.4 Å². The molecule has 1 aromatic carbocycles. The lowest BCUT2D eigenvalue weighted by Crippen LogP contribution is -2.07. The van der Waals surface area contributed by atoms with Crippen LogP contribution in [0.3, 0.4) is 0 Å². The molecule has 0 fully saturated rings. The molecule has 0 saturated carbocycles. The van der Waals surface area contributed by atoms with Crippen molar-refractivity contribution in [3.8, 4) is 17.1 Å². The summed E-state index contributed by atoms with van der Waals surface area (Å²) in [6, 6.07) is 12.0. The highest BCUT2D eigenvalue weighted by Crippen LogP contribution is 2.26. The van der Waals surface area contributed by atoms with Gasteiger partial charge in [0.25, 0.3) is 0 Å². The Morgan fingerprint density at radius 2 is 2.00 bits per heavy atom. The van der Waals surface area contributed by atoms with Crippen molar-refractivity contribution < 1.29 is 9.47 Å². The van der Waals surface area contributed by atoms with E-state index in [2.05, 4.69) is 25.7 Å². The molecule has 0 aliphatic carbocycles. The van der Waals surface area contributed by atoms with Crippen molar-refractivity contribution in [3.63, 3.8) is 0 Å². The molecule has 4 rings (SSSR count). The van der Waals surface area contributed by atoms with Crippen LogP contribution in [0.15, 0.2) is 55.1 Å². The van der Waals surface area contributed by atoms with Gasteiger partial charge in [0.1, 0.15) is 17.9 Å². The Morgan fingerprint density at radius 3 is 2.85 bits per heavy atom. The smallest absolute Gasteiger partial charge is 0.155 e. The number of fused-ring (bicyclic) bond motifs is 1. The molecule has 0 aliphatic rings. The van der Waals surface area contributed by atoms with Gasteiger partial charge in [-0.3, -0.25) is 0 Å². The summed E-state index contributed by atoms with van der Waals surface area (Å²) < 4.78 is 14.6. The van der Waals surface area contributed by atoms with Gasteiger partial charge in [-0.15, -0.1) is 0 Å². The van der Waals surface area contributed by atoms with Crippen LogP contribution in [0, 0.1) is 0 Å². The van der Waals surface area contributed by atoms with Crippen LogP contribution in [0.1, 0.15) is 11.3 Å². The van der Waals surface area contributed by atoms with E-state index in [-0.39, 0.29) is 0 Å². The lowest BCUT2D eigenvalue weighted by atomic mass is 10.1. The van der Waals surface area contributed by atoms with Crippen LogP contribution < -0.4 is 4.74 Å². The highest BCUT2D eigenvalue weighted by molar-refractivity contribution is 5.59. The molecule has 7 nitrogen and oxygen atoms in total. The number of methoxy groups -OCH3 is 2. The molecule has 0 radical (unpaired) electrons. The number of rotatable bonds is 6. The highest BCUT2D eigenvalue weighted by Gasteiger charge is 2.12. The minimum absolute atomic E-state index is 0.482. The number of hydrogen-bond acceptors (Lipinski definition) is 5. The molecule has 0 N–H and O–H groups in total. The Balaban J connectivity index is 1.71. The molecule has 0 saturated heterocycles. The minimum atomic E-state index is 0.482. The second kappa shape index (κ2) is 6.97. The Morgan fingerprint density at radius 1 is 1.08 bits per heavy atom. The van der Waals surface area contributed by atoms with E-state index in [4.69, 9.17) is 9.47 Å². The largest absolute Gasteiger partial charge is 0.496 e. The summed E-state index contributed by atoms with van der Waals surface area (Å²) in [5, 5.41) is 4.30. The average molecular weight is 349 g/mol. The van der Waals surface area contributed by atoms with Gasteiger partial charge >= 0.3 is 0 Å². The second-order valence-electron chi connectivity index (χ2n) is 5.89. The van der Waals surface area contributed by atoms with Gasteiger partial charge in [-0.2, -0.15) is 5.10 Å². The zero-order valence-corrected chi connectivity index (χ0v) is 14.7. The summed E-state index contributed by atoms with van der Waals surface area (Å²) in [5.74, 6) is 1.68. The third kappa shape index (κ3) is 2.93. The van der Waals surface area contributed by atoms with E-state index >= 15 is 0 Å². The number of nitrogens with zero attached hydrogens (tertiary/aromatic N) is 5. The van der Waals surface area contributed by atoms with Crippen molar-refractivity contribution in [1.82, 2.24) is 24.1 Å². The molecule has 0 amide bonds. The normalized spacial score (nSPS) is 11.2. The number of benzene rings is 1. The number of ether oxygens (including phenoxy) is 2. The van der Waals surface area contributed by atoms with Crippen LogP contribution in [0.5, 0.6) is 5.75 Å². The van der Waals surface area contributed by atoms with Crippen molar-refractivity contribution in [2.45, 2.75) is 13.2 Å². The van der Waals surface area contributed by atoms with E-state index in [1.807, 2.05) is 41.0 Å². The fraction of sp³-hybridized carbons (Fsp3) is 0.211. The molecule has 0 spiro atoms. The van der Waals surface area contributed by atoms with Gasteiger partial charge in [0.05, 0.1) is 26.0 Å². The molecule has 0 bridgehead atoms. The number of hydrogen-bond donors (Lipinski definition) is 0. The minimum Gasteiger partial charge on any atom is -0.496 e. The van der Waals surface area contributed by atoms with Gasteiger partial charge in [-0.05, 0) is 30.3 Å². The Bertz CT molecular complexity index is 1040. The first-order valence-electron chi connectivity index (χ1n) is 8.25. The molecule has 4 aromatic rings. The van der Waals surface area contributed by atoms with E-state index in [9.17, 15) is 0 Å². The van der Waals surface area contributed by atoms with E-state index in [1.165, 1.54) is 0 Å². The first-order valence-corrected chi connectivity index (χ1v) is 8.25. The van der Waals surface area contributed by atoms with Gasteiger partial charge in [-0.25, -0.2) is 14.5 Å². The van der Waals surface area contributed by atoms with E-state index in [0.29, 0.717) is 13.2 Å². The SMILES string of the molecule is COCc1cc(-c2nccn2Cc2cccc3ncnn23)ccc1OC. The van der Waals surface area contributed by atoms with Crippen LogP contribution in [0.25, 0.3) is 17.0 Å². The maximum absolute atomic E-state index is 5.41. The molecule has 0 aliphatic heterocycles. The fourth-order valence-electron chi connectivity index (χ4n) is 3.08. The first kappa shape index (κ1) is 16.3. The van der Waals surface area contributed by atoms with Crippen molar-refractivity contribution in [2.24, 2.45) is 0 Å². The summed E-state index contributed by atoms with van der Waals surface area (Å²) in [7, 11) is 3.33. The zero-order valence-electron chi connectivity index (χ0n) is 14.7. The van der Waals surface area contributed by atoms with Gasteiger partial charge in [0.2, 0.25) is 0 Å². The van der Waals surface area contributed by atoms with Crippen molar-refractivity contribution >= 4 is 5.65 Å². The van der Waals surface area contributed by atoms with E-state index in [1.54, 1.807) is 26.7 Å². The molecule has 0 atom stereocenters. The van der Waals surface area contributed by atoms with Gasteiger partial charge < -0.3 is 14.0 Å². The monoisotopic (exact) mass is 349 g/mol. The average Bonchev–Trinajstić information content (AvgIpc) is 3.32. The van der Waals surface area contributed by atoms with E-state index < -0.39 is 0 Å². The van der Waals surface area contributed by atoms with Crippen molar-refractivity contribution in [2.75, 3.05) is 14.2 Å². The fourth-order valence-corrected chi connectivity index (χ4v) is 3.08. The molecule has 3 aromatic heterocycles. The summed E-state index contributed by atoms with van der Waals surface area (Å²) in [6.45, 7) is 1.12. The summed E-state index contributed by atoms with van der Waals surface area (Å²) in [5.41, 5.74) is 3.86. The maximum atomic E-state index is 5.41. The van der Waals surface area contributed by atoms with Crippen molar-refractivity contribution in [3.05, 3.63) is 66.4 Å². The molecule has 26 heavy (non-hydrogen) atoms. The maximum Gasteiger partial charge on any atom is 0.155 e. The topological polar surface area (TPSA) is 66.5 Å². The summed E-state index contributed by atoms with van der Waals surface area (Å²) >= 11 is 0. The van der Waals surface area contributed by atoms with Crippen molar-refractivity contribution in [1.29, 1.82) is 0 Å². The molecule has 0 unspecified atom stereocenters. The third-order valence-corrected chi connectivity index (χ3v) is 4.27. The molecular weight excluding hydrogens is 330 g/mol. The zero-order chi connectivity index (χ0) is 17.9. The quantitative estimate of drug-likeness (QED) is 0.535. The third-order valence-electron chi connectivity index (χ3n) is 4.27. The van der Waals surface area contributed by atoms with Crippen LogP contribution in [-0.2, 0) is 17.9 Å². The first-order chi connectivity index (χ1) is 12.8. The number of pyridine rings is 1. The van der Waals surface area contributed by atoms with Gasteiger partial charge in [0, 0.05) is 30.6 Å². The number of aromatic nitrogens is 5. The highest BCUT2D eigenvalue weighted by atomic mass is 16.5. The molecule has 132 valence electrons. The lowest BCUT2D eigenvalue weighted by molar-refractivity contribution is 0.181. The van der Waals surface area contributed by atoms with Crippen LogP contribution >= 0.6 is 0 Å². The van der Waals surface area contributed by atoms with Crippen LogP contribution in [0.2, 0.25) is 0 Å². The second-order valence-corrected chi connectivity index (χ2v) is 5.89. The predicted octanol–water partition coefficient (Wildman–Crippen LogP) is 2.80. The Hall–Kier alpha value is -3.19. The Kier molecular flexibility index (Phi) is 4.37. The van der Waals surface area contributed by atoms with Gasteiger partial charge in [-0.1, -0.05) is 6.07 Å². The summed E-state index contributed by atoms with van der Waals surface area (Å²) in [4.78, 5) is 8.78. The standard InChI is InChI=1S/C19H19N5O2/c1-25-12-15-10-14(6-7-17(15)26-2)19-20-8-9-23(19)11-16-4-3-5-18-21-13-22-24(16)18/h3-10,13H,11-12H2,1-2H3. The molecular formula is C19H19N5O2. The molecule has 3 heterocycles. The number of imidazole rings is 1. The van der Waals surface area contributed by atoms with Crippen LogP contribution in [0.4, 0.5) is 0 Å². The van der Waals surface area contributed by atoms with Gasteiger partial charge in [0.15, 0.2) is 5.65 Å². The summed E-state index contributed by atoms with van der Waals surface area (Å²) in [6.07, 6.45) is 5.33. The Labute approximate surface area is 150 Å². The predicted molar refractivity (Wildman–Crippen MR) is 97.0 cm³/mol. The van der Waals surface area contributed by atoms with E-state index in [0.717, 1.165) is 34.0 Å².